The third-order valence-electron chi connectivity index (χ3n) is 3.91. The van der Waals surface area contributed by atoms with E-state index < -0.39 is 5.97 Å². The molecule has 1 saturated heterocycles. The number of aliphatic carboxylic acids is 1. The van der Waals surface area contributed by atoms with Gasteiger partial charge in [-0.25, -0.2) is 4.79 Å². The van der Waals surface area contributed by atoms with Crippen LogP contribution in [0.15, 0.2) is 0 Å². The van der Waals surface area contributed by atoms with E-state index in [1.165, 1.54) is 0 Å². The van der Waals surface area contributed by atoms with Crippen LogP contribution in [0.3, 0.4) is 0 Å². The molecule has 1 rings (SSSR count). The van der Waals surface area contributed by atoms with Gasteiger partial charge in [0.25, 0.3) is 0 Å². The van der Waals surface area contributed by atoms with Crippen LogP contribution in [-0.2, 0) is 4.79 Å². The first-order valence-corrected chi connectivity index (χ1v) is 7.19. The summed E-state index contributed by atoms with van der Waals surface area (Å²) in [5, 5.41) is 8.79. The number of urea groups is 1. The monoisotopic (exact) mass is 270 g/mol. The SMILES string of the molecule is CCC1CCC(C)N1C(=O)N(CCC(=O)O)C(C)C. The van der Waals surface area contributed by atoms with Crippen molar-refractivity contribution >= 4 is 12.0 Å². The van der Waals surface area contributed by atoms with Crippen LogP contribution in [-0.4, -0.2) is 51.6 Å². The van der Waals surface area contributed by atoms with Crippen molar-refractivity contribution in [3.8, 4) is 0 Å². The molecule has 5 heteroatoms. The number of amides is 2. The summed E-state index contributed by atoms with van der Waals surface area (Å²) in [4.78, 5) is 27.0. The largest absolute Gasteiger partial charge is 0.481 e. The maximum absolute atomic E-state index is 12.6. The summed E-state index contributed by atoms with van der Waals surface area (Å²) in [5.41, 5.74) is 0. The van der Waals surface area contributed by atoms with Gasteiger partial charge in [0.15, 0.2) is 0 Å². The summed E-state index contributed by atoms with van der Waals surface area (Å²) in [6.07, 6.45) is 3.05. The van der Waals surface area contributed by atoms with Crippen molar-refractivity contribution in [2.75, 3.05) is 6.54 Å². The standard InChI is InChI=1S/C14H26N2O3/c1-5-12-7-6-11(4)16(12)14(19)15(10(2)3)9-8-13(17)18/h10-12H,5-9H2,1-4H3,(H,17,18). The Labute approximate surface area is 115 Å². The molecule has 0 saturated carbocycles. The lowest BCUT2D eigenvalue weighted by molar-refractivity contribution is -0.137. The maximum Gasteiger partial charge on any atom is 0.320 e. The van der Waals surface area contributed by atoms with Gasteiger partial charge >= 0.3 is 12.0 Å². The highest BCUT2D eigenvalue weighted by Gasteiger charge is 2.36. The quantitative estimate of drug-likeness (QED) is 0.835. The topological polar surface area (TPSA) is 60.9 Å². The lowest BCUT2D eigenvalue weighted by atomic mass is 10.1. The molecule has 0 aromatic carbocycles. The minimum Gasteiger partial charge on any atom is -0.481 e. The first-order chi connectivity index (χ1) is 8.88. The lowest BCUT2D eigenvalue weighted by Gasteiger charge is -2.36. The lowest BCUT2D eigenvalue weighted by Crippen LogP contribution is -2.51. The molecule has 2 atom stereocenters. The minimum atomic E-state index is -0.861. The zero-order chi connectivity index (χ0) is 14.6. The van der Waals surface area contributed by atoms with Crippen LogP contribution >= 0.6 is 0 Å². The van der Waals surface area contributed by atoms with Crippen LogP contribution in [0, 0.1) is 0 Å². The number of likely N-dealkylation sites (tertiary alicyclic amines) is 1. The van der Waals surface area contributed by atoms with Crippen LogP contribution in [0.4, 0.5) is 4.79 Å². The molecule has 1 fully saturated rings. The van der Waals surface area contributed by atoms with E-state index in [-0.39, 0.29) is 31.1 Å². The molecule has 0 aliphatic carbocycles. The molecule has 1 N–H and O–H groups in total. The molecule has 0 radical (unpaired) electrons. The molecule has 0 aromatic heterocycles. The van der Waals surface area contributed by atoms with Gasteiger partial charge in [0.2, 0.25) is 0 Å². The number of rotatable bonds is 5. The fourth-order valence-electron chi connectivity index (χ4n) is 2.76. The third kappa shape index (κ3) is 3.85. The summed E-state index contributed by atoms with van der Waals surface area (Å²) in [6, 6.07) is 0.572. The van der Waals surface area contributed by atoms with Crippen molar-refractivity contribution in [3.63, 3.8) is 0 Å². The Morgan fingerprint density at radius 3 is 2.47 bits per heavy atom. The van der Waals surface area contributed by atoms with Crippen LogP contribution < -0.4 is 0 Å². The van der Waals surface area contributed by atoms with E-state index in [1.54, 1.807) is 4.90 Å². The van der Waals surface area contributed by atoms with Crippen molar-refractivity contribution < 1.29 is 14.7 Å². The summed E-state index contributed by atoms with van der Waals surface area (Å²) < 4.78 is 0. The van der Waals surface area contributed by atoms with Crippen molar-refractivity contribution in [3.05, 3.63) is 0 Å². The average molecular weight is 270 g/mol. The van der Waals surface area contributed by atoms with Gasteiger partial charge in [0.05, 0.1) is 6.42 Å². The summed E-state index contributed by atoms with van der Waals surface area (Å²) in [5.74, 6) is -0.861. The van der Waals surface area contributed by atoms with E-state index >= 15 is 0 Å². The van der Waals surface area contributed by atoms with Crippen LogP contribution in [0.5, 0.6) is 0 Å². The minimum absolute atomic E-state index is 0.00291. The first-order valence-electron chi connectivity index (χ1n) is 7.19. The van der Waals surface area contributed by atoms with Gasteiger partial charge < -0.3 is 14.9 Å². The van der Waals surface area contributed by atoms with Gasteiger partial charge in [-0.1, -0.05) is 6.92 Å². The van der Waals surface area contributed by atoms with Crippen molar-refractivity contribution in [2.24, 2.45) is 0 Å². The number of carboxylic acid groups (broad SMARTS) is 1. The van der Waals surface area contributed by atoms with E-state index in [9.17, 15) is 9.59 Å². The van der Waals surface area contributed by atoms with E-state index in [0.29, 0.717) is 6.04 Å². The van der Waals surface area contributed by atoms with Gasteiger partial charge in [-0.2, -0.15) is 0 Å². The Morgan fingerprint density at radius 2 is 2.00 bits per heavy atom. The zero-order valence-corrected chi connectivity index (χ0v) is 12.4. The van der Waals surface area contributed by atoms with E-state index in [4.69, 9.17) is 5.11 Å². The number of carboxylic acids is 1. The van der Waals surface area contributed by atoms with Gasteiger partial charge in [-0.15, -0.1) is 0 Å². The summed E-state index contributed by atoms with van der Waals surface area (Å²) in [6.45, 7) is 8.32. The fourth-order valence-corrected chi connectivity index (χ4v) is 2.76. The Hall–Kier alpha value is -1.26. The van der Waals surface area contributed by atoms with Gasteiger partial charge in [0, 0.05) is 24.7 Å². The molecule has 1 heterocycles. The second-order valence-corrected chi connectivity index (χ2v) is 5.61. The van der Waals surface area contributed by atoms with Crippen molar-refractivity contribution in [1.82, 2.24) is 9.80 Å². The maximum atomic E-state index is 12.6. The van der Waals surface area contributed by atoms with E-state index in [1.807, 2.05) is 18.7 Å². The molecular formula is C14H26N2O3. The number of hydrogen-bond acceptors (Lipinski definition) is 2. The smallest absolute Gasteiger partial charge is 0.320 e. The van der Waals surface area contributed by atoms with E-state index in [2.05, 4.69) is 13.8 Å². The normalized spacial score (nSPS) is 22.9. The van der Waals surface area contributed by atoms with Gasteiger partial charge in [-0.3, -0.25) is 4.79 Å². The number of carbonyl (C=O) groups excluding carboxylic acids is 1. The zero-order valence-electron chi connectivity index (χ0n) is 12.4. The fraction of sp³-hybridized carbons (Fsp3) is 0.857. The Balaban J connectivity index is 2.77. The van der Waals surface area contributed by atoms with Crippen LogP contribution in [0.25, 0.3) is 0 Å². The van der Waals surface area contributed by atoms with Crippen molar-refractivity contribution in [2.45, 2.75) is 71.5 Å². The summed E-state index contributed by atoms with van der Waals surface area (Å²) >= 11 is 0. The number of hydrogen-bond donors (Lipinski definition) is 1. The van der Waals surface area contributed by atoms with E-state index in [0.717, 1.165) is 19.3 Å². The highest BCUT2D eigenvalue weighted by molar-refractivity contribution is 5.76. The summed E-state index contributed by atoms with van der Waals surface area (Å²) in [7, 11) is 0. The Kier molecular flexibility index (Phi) is 5.63. The van der Waals surface area contributed by atoms with Crippen LogP contribution in [0.1, 0.15) is 53.4 Å². The molecule has 0 aromatic rings. The molecule has 2 amide bonds. The average Bonchev–Trinajstić information content (AvgIpc) is 2.69. The molecule has 1 aliphatic rings. The first kappa shape index (κ1) is 15.8. The second kappa shape index (κ2) is 6.78. The molecule has 0 spiro atoms. The molecule has 5 nitrogen and oxygen atoms in total. The molecule has 19 heavy (non-hydrogen) atoms. The van der Waals surface area contributed by atoms with Crippen LogP contribution in [0.2, 0.25) is 0 Å². The molecule has 110 valence electrons. The highest BCUT2D eigenvalue weighted by atomic mass is 16.4. The predicted octanol–water partition coefficient (Wildman–Crippen LogP) is 2.55. The Morgan fingerprint density at radius 1 is 1.37 bits per heavy atom. The highest BCUT2D eigenvalue weighted by Crippen LogP contribution is 2.27. The predicted molar refractivity (Wildman–Crippen MR) is 74.1 cm³/mol. The van der Waals surface area contributed by atoms with Gasteiger partial charge in [0.1, 0.15) is 0 Å². The Bertz CT molecular complexity index is 331. The number of nitrogens with zero attached hydrogens (tertiary/aromatic N) is 2. The second-order valence-electron chi connectivity index (χ2n) is 5.61. The van der Waals surface area contributed by atoms with Gasteiger partial charge in [-0.05, 0) is 40.0 Å². The number of carbonyl (C=O) groups is 2. The molecular weight excluding hydrogens is 244 g/mol. The molecule has 0 bridgehead atoms. The molecule has 2 unspecified atom stereocenters. The van der Waals surface area contributed by atoms with Crippen molar-refractivity contribution in [1.29, 1.82) is 0 Å². The third-order valence-corrected chi connectivity index (χ3v) is 3.91. The molecule has 1 aliphatic heterocycles.